The zero-order chi connectivity index (χ0) is 17.2. The number of amides is 1. The van der Waals surface area contributed by atoms with Gasteiger partial charge < -0.3 is 0 Å². The Hall–Kier alpha value is -1.88. The fraction of sp³-hybridized carbons (Fsp3) is 0.421. The Balaban J connectivity index is 2.04. The molecule has 5 heteroatoms. The first-order valence-electron chi connectivity index (χ1n) is 8.60. The van der Waals surface area contributed by atoms with Crippen LogP contribution in [0.25, 0.3) is 10.8 Å². The summed E-state index contributed by atoms with van der Waals surface area (Å²) in [6.07, 6.45) is 4.79. The molecule has 128 valence electrons. The topological polar surface area (TPSA) is 54.5 Å². The van der Waals surface area contributed by atoms with Gasteiger partial charge in [-0.1, -0.05) is 56.5 Å². The maximum Gasteiger partial charge on any atom is 0.266 e. The molecule has 0 N–H and O–H groups in total. The second kappa shape index (κ2) is 6.93. The number of sulfonamides is 1. The van der Waals surface area contributed by atoms with Gasteiger partial charge in [-0.2, -0.15) is 0 Å². The van der Waals surface area contributed by atoms with E-state index in [2.05, 4.69) is 0 Å². The Morgan fingerprint density at radius 1 is 1.04 bits per heavy atom. The highest BCUT2D eigenvalue weighted by Gasteiger charge is 2.35. The van der Waals surface area contributed by atoms with Crippen LogP contribution < -0.4 is 0 Å². The van der Waals surface area contributed by atoms with Crippen LogP contribution in [0.5, 0.6) is 0 Å². The normalized spacial score (nSPS) is 16.2. The van der Waals surface area contributed by atoms with Crippen molar-refractivity contribution in [3.8, 4) is 0 Å². The average Bonchev–Trinajstić information content (AvgIpc) is 2.62. The smallest absolute Gasteiger partial charge is 0.266 e. The first kappa shape index (κ1) is 17.0. The first-order valence-corrected chi connectivity index (χ1v) is 10.0. The van der Waals surface area contributed by atoms with Crippen LogP contribution in [-0.4, -0.2) is 24.7 Å². The van der Waals surface area contributed by atoms with Gasteiger partial charge in [-0.25, -0.2) is 12.7 Å². The van der Waals surface area contributed by atoms with Crippen LogP contribution in [0, 0.1) is 0 Å². The third kappa shape index (κ3) is 3.18. The Labute approximate surface area is 143 Å². The highest BCUT2D eigenvalue weighted by Crippen LogP contribution is 2.29. The Bertz CT molecular complexity index is 839. The summed E-state index contributed by atoms with van der Waals surface area (Å²) in [7, 11) is -3.82. The molecule has 1 aliphatic carbocycles. The second-order valence-electron chi connectivity index (χ2n) is 6.35. The van der Waals surface area contributed by atoms with Crippen LogP contribution >= 0.6 is 0 Å². The lowest BCUT2D eigenvalue weighted by Gasteiger charge is -2.33. The third-order valence-electron chi connectivity index (χ3n) is 4.73. The van der Waals surface area contributed by atoms with E-state index in [0.29, 0.717) is 0 Å². The number of carbonyl (C=O) groups excluding carboxylic acids is 1. The predicted octanol–water partition coefficient (Wildman–Crippen LogP) is 4.10. The molecule has 1 saturated carbocycles. The van der Waals surface area contributed by atoms with E-state index in [-0.39, 0.29) is 23.3 Å². The van der Waals surface area contributed by atoms with Gasteiger partial charge in [0, 0.05) is 12.5 Å². The largest absolute Gasteiger partial charge is 0.274 e. The van der Waals surface area contributed by atoms with Crippen molar-refractivity contribution in [2.75, 3.05) is 0 Å². The van der Waals surface area contributed by atoms with Crippen LogP contribution in [-0.2, 0) is 14.8 Å². The number of nitrogens with zero attached hydrogens (tertiary/aromatic N) is 1. The van der Waals surface area contributed by atoms with E-state index in [1.54, 1.807) is 25.1 Å². The van der Waals surface area contributed by atoms with Gasteiger partial charge in [-0.05, 0) is 35.7 Å². The maximum atomic E-state index is 13.2. The van der Waals surface area contributed by atoms with Crippen molar-refractivity contribution in [3.05, 3.63) is 42.5 Å². The summed E-state index contributed by atoms with van der Waals surface area (Å²) in [4.78, 5) is 12.6. The van der Waals surface area contributed by atoms with Crippen molar-refractivity contribution >= 4 is 26.7 Å². The van der Waals surface area contributed by atoms with E-state index in [1.807, 2.05) is 24.3 Å². The minimum absolute atomic E-state index is 0.198. The summed E-state index contributed by atoms with van der Waals surface area (Å²) in [6, 6.07) is 12.5. The molecule has 2 aromatic rings. The Morgan fingerprint density at radius 3 is 2.38 bits per heavy atom. The predicted molar refractivity (Wildman–Crippen MR) is 95.1 cm³/mol. The molecule has 0 saturated heterocycles. The molecular formula is C19H23NO3S. The molecule has 1 amide bonds. The van der Waals surface area contributed by atoms with E-state index >= 15 is 0 Å². The second-order valence-corrected chi connectivity index (χ2v) is 8.16. The summed E-state index contributed by atoms with van der Waals surface area (Å²) in [5.41, 5.74) is 0. The third-order valence-corrected chi connectivity index (χ3v) is 6.60. The number of carbonyl (C=O) groups is 1. The van der Waals surface area contributed by atoms with Gasteiger partial charge in [0.05, 0.1) is 4.90 Å². The minimum Gasteiger partial charge on any atom is -0.274 e. The van der Waals surface area contributed by atoms with Gasteiger partial charge in [0.25, 0.3) is 10.0 Å². The molecule has 0 aliphatic heterocycles. The summed E-state index contributed by atoms with van der Waals surface area (Å²) >= 11 is 0. The zero-order valence-electron chi connectivity index (χ0n) is 13.9. The summed E-state index contributed by atoms with van der Waals surface area (Å²) in [5.74, 6) is -0.310. The van der Waals surface area contributed by atoms with Gasteiger partial charge in [0.1, 0.15) is 0 Å². The standard InChI is InChI=1S/C19H23NO3S/c1-2-19(21)20(17-10-4-3-5-11-17)24(22,23)18-13-12-15-8-6-7-9-16(15)14-18/h6-9,12-14,17H,2-5,10-11H2,1H3. The number of fused-ring (bicyclic) bond motifs is 1. The van der Waals surface area contributed by atoms with Gasteiger partial charge in [-0.3, -0.25) is 4.79 Å². The molecule has 3 rings (SSSR count). The monoisotopic (exact) mass is 345 g/mol. The van der Waals surface area contributed by atoms with E-state index in [0.717, 1.165) is 47.2 Å². The molecule has 0 heterocycles. The molecule has 0 radical (unpaired) electrons. The Kier molecular flexibility index (Phi) is 4.90. The van der Waals surface area contributed by atoms with Crippen LogP contribution in [0.15, 0.2) is 47.4 Å². The quantitative estimate of drug-likeness (QED) is 0.838. The van der Waals surface area contributed by atoms with Crippen molar-refractivity contribution in [1.29, 1.82) is 0 Å². The van der Waals surface area contributed by atoms with Gasteiger partial charge in [0.15, 0.2) is 0 Å². The molecule has 2 aromatic carbocycles. The summed E-state index contributed by atoms with van der Waals surface area (Å²) < 4.78 is 27.5. The summed E-state index contributed by atoms with van der Waals surface area (Å²) in [5, 5.41) is 1.86. The lowest BCUT2D eigenvalue weighted by atomic mass is 9.95. The molecule has 0 atom stereocenters. The highest BCUT2D eigenvalue weighted by atomic mass is 32.2. The SMILES string of the molecule is CCC(=O)N(C1CCCCC1)S(=O)(=O)c1ccc2ccccc2c1. The molecule has 4 nitrogen and oxygen atoms in total. The van der Waals surface area contributed by atoms with Crippen molar-refractivity contribution < 1.29 is 13.2 Å². The highest BCUT2D eigenvalue weighted by molar-refractivity contribution is 7.89. The van der Waals surface area contributed by atoms with Gasteiger partial charge >= 0.3 is 0 Å². The molecule has 24 heavy (non-hydrogen) atoms. The molecule has 0 spiro atoms. The molecule has 0 aromatic heterocycles. The van der Waals surface area contributed by atoms with Crippen molar-refractivity contribution in [2.45, 2.75) is 56.4 Å². The summed E-state index contributed by atoms with van der Waals surface area (Å²) in [6.45, 7) is 1.72. The number of benzene rings is 2. The van der Waals surface area contributed by atoms with E-state index in [1.165, 1.54) is 0 Å². The fourth-order valence-corrected chi connectivity index (χ4v) is 5.19. The average molecular weight is 345 g/mol. The van der Waals surface area contributed by atoms with Crippen LogP contribution in [0.1, 0.15) is 45.4 Å². The lowest BCUT2D eigenvalue weighted by Crippen LogP contribution is -2.45. The molecule has 1 aliphatic rings. The fourth-order valence-electron chi connectivity index (χ4n) is 3.45. The molecule has 0 unspecified atom stereocenters. The van der Waals surface area contributed by atoms with E-state index in [4.69, 9.17) is 0 Å². The van der Waals surface area contributed by atoms with Gasteiger partial charge in [-0.15, -0.1) is 0 Å². The minimum atomic E-state index is -3.82. The number of hydrogen-bond donors (Lipinski definition) is 0. The van der Waals surface area contributed by atoms with E-state index in [9.17, 15) is 13.2 Å². The lowest BCUT2D eigenvalue weighted by molar-refractivity contribution is -0.128. The van der Waals surface area contributed by atoms with Crippen molar-refractivity contribution in [1.82, 2.24) is 4.31 Å². The maximum absolute atomic E-state index is 13.2. The van der Waals surface area contributed by atoms with Crippen LogP contribution in [0.4, 0.5) is 0 Å². The molecular weight excluding hydrogens is 322 g/mol. The molecule has 1 fully saturated rings. The first-order chi connectivity index (χ1) is 11.5. The van der Waals surface area contributed by atoms with Crippen molar-refractivity contribution in [3.63, 3.8) is 0 Å². The van der Waals surface area contributed by atoms with Crippen molar-refractivity contribution in [2.24, 2.45) is 0 Å². The Morgan fingerprint density at radius 2 is 1.71 bits per heavy atom. The number of rotatable bonds is 4. The number of hydrogen-bond acceptors (Lipinski definition) is 3. The molecule has 0 bridgehead atoms. The van der Waals surface area contributed by atoms with Crippen LogP contribution in [0.2, 0.25) is 0 Å². The van der Waals surface area contributed by atoms with Crippen LogP contribution in [0.3, 0.4) is 0 Å². The van der Waals surface area contributed by atoms with E-state index < -0.39 is 10.0 Å². The van der Waals surface area contributed by atoms with Gasteiger partial charge in [0.2, 0.25) is 5.91 Å². The zero-order valence-corrected chi connectivity index (χ0v) is 14.8.